The van der Waals surface area contributed by atoms with Crippen molar-refractivity contribution < 1.29 is 9.59 Å². The molecule has 1 spiro atoms. The number of fused-ring (bicyclic) bond motifs is 2. The number of thiazole rings is 1. The zero-order chi connectivity index (χ0) is 24.4. The lowest BCUT2D eigenvalue weighted by Gasteiger charge is -2.43. The van der Waals surface area contributed by atoms with Crippen LogP contribution < -0.4 is 0 Å². The Kier molecular flexibility index (Phi) is 5.47. The first-order chi connectivity index (χ1) is 16.0. The van der Waals surface area contributed by atoms with Crippen molar-refractivity contribution in [2.24, 2.45) is 11.3 Å². The predicted octanol–water partition coefficient (Wildman–Crippen LogP) is 5.62. The molecule has 2 aromatic heterocycles. The number of likely N-dealkylation sites (tertiary alicyclic amines) is 1. The molecule has 2 aliphatic rings. The summed E-state index contributed by atoms with van der Waals surface area (Å²) in [6.07, 6.45) is 3.17. The number of benzene rings is 1. The van der Waals surface area contributed by atoms with E-state index in [4.69, 9.17) is 4.98 Å². The van der Waals surface area contributed by atoms with Crippen LogP contribution in [0.1, 0.15) is 88.9 Å². The number of hydrogen-bond donors (Lipinski definition) is 1. The van der Waals surface area contributed by atoms with Gasteiger partial charge >= 0.3 is 0 Å². The molecule has 3 heterocycles. The summed E-state index contributed by atoms with van der Waals surface area (Å²) in [7, 11) is 0. The van der Waals surface area contributed by atoms with Crippen LogP contribution in [0.25, 0.3) is 10.9 Å². The van der Waals surface area contributed by atoms with Gasteiger partial charge in [0.15, 0.2) is 5.78 Å². The number of Topliss-reactive ketones (excluding diaryl/α,β-unsaturated/α-hetero) is 1. The quantitative estimate of drug-likeness (QED) is 0.530. The molecule has 0 radical (unpaired) electrons. The summed E-state index contributed by atoms with van der Waals surface area (Å²) in [5.41, 5.74) is 4.24. The van der Waals surface area contributed by atoms with E-state index in [0.717, 1.165) is 56.9 Å². The molecule has 1 amide bonds. The number of hydrogen-bond acceptors (Lipinski definition) is 5. The highest BCUT2D eigenvalue weighted by atomic mass is 32.1. The minimum Gasteiger partial charge on any atom is -0.339 e. The molecule has 1 fully saturated rings. The number of rotatable bonds is 3. The number of aryl methyl sites for hydroxylation is 2. The first-order valence-electron chi connectivity index (χ1n) is 12.3. The summed E-state index contributed by atoms with van der Waals surface area (Å²) in [5.74, 6) is 0.703. The van der Waals surface area contributed by atoms with Gasteiger partial charge in [0, 0.05) is 46.4 Å². The molecule has 0 atom stereocenters. The SMILES string of the molecule is Cc1[nH]nc2c(C)cc(C(=O)N3CCC4(CC3)CC(=O)c3nc(C(C)(C)C(C)C)sc3C4)cc12. The molecule has 0 saturated carbocycles. The second kappa shape index (κ2) is 8.01. The predicted molar refractivity (Wildman–Crippen MR) is 136 cm³/mol. The summed E-state index contributed by atoms with van der Waals surface area (Å²) in [4.78, 5) is 34.4. The maximum Gasteiger partial charge on any atom is 0.253 e. The van der Waals surface area contributed by atoms with Crippen molar-refractivity contribution in [2.45, 2.75) is 72.6 Å². The standard InChI is InChI=1S/C27H34N4O2S/c1-15(2)26(5,6)25-28-23-20(32)13-27(14-21(23)34-25)7-9-31(10-8-27)24(33)18-11-16(3)22-19(12-18)17(4)29-30-22/h11-12,15H,7-10,13-14H2,1-6H3,(H,29,30). The largest absolute Gasteiger partial charge is 0.339 e. The second-order valence-corrected chi connectivity index (χ2v) is 12.4. The van der Waals surface area contributed by atoms with Crippen LogP contribution in [0.5, 0.6) is 0 Å². The number of H-pyrrole nitrogens is 1. The van der Waals surface area contributed by atoms with Gasteiger partial charge in [-0.05, 0) is 62.1 Å². The molecule has 6 nitrogen and oxygen atoms in total. The zero-order valence-corrected chi connectivity index (χ0v) is 21.9. The molecule has 5 rings (SSSR count). The first-order valence-corrected chi connectivity index (χ1v) is 13.1. The fraction of sp³-hybridized carbons (Fsp3) is 0.556. The van der Waals surface area contributed by atoms with Gasteiger partial charge < -0.3 is 4.90 Å². The van der Waals surface area contributed by atoms with Crippen LogP contribution >= 0.6 is 11.3 Å². The molecule has 34 heavy (non-hydrogen) atoms. The van der Waals surface area contributed by atoms with Crippen LogP contribution in [0.2, 0.25) is 0 Å². The lowest BCUT2D eigenvalue weighted by molar-refractivity contribution is 0.0522. The molecule has 0 unspecified atom stereocenters. The van der Waals surface area contributed by atoms with Crippen molar-refractivity contribution in [3.8, 4) is 0 Å². The monoisotopic (exact) mass is 478 g/mol. The Balaban J connectivity index is 1.33. The first kappa shape index (κ1) is 23.2. The average molecular weight is 479 g/mol. The molecule has 1 saturated heterocycles. The number of nitrogens with one attached hydrogen (secondary N) is 1. The molecule has 1 N–H and O–H groups in total. The van der Waals surface area contributed by atoms with E-state index < -0.39 is 0 Å². The van der Waals surface area contributed by atoms with Gasteiger partial charge in [0.25, 0.3) is 5.91 Å². The van der Waals surface area contributed by atoms with Crippen molar-refractivity contribution >= 4 is 33.9 Å². The molecule has 3 aromatic rings. The topological polar surface area (TPSA) is 79.0 Å². The number of ketones is 1. The maximum atomic E-state index is 13.4. The van der Waals surface area contributed by atoms with Gasteiger partial charge in [-0.3, -0.25) is 14.7 Å². The number of nitrogens with zero attached hydrogens (tertiary/aromatic N) is 3. The smallest absolute Gasteiger partial charge is 0.253 e. The third kappa shape index (κ3) is 3.69. The maximum absolute atomic E-state index is 13.4. The minimum absolute atomic E-state index is 0.0438. The molecule has 7 heteroatoms. The van der Waals surface area contributed by atoms with Crippen molar-refractivity contribution in [3.63, 3.8) is 0 Å². The molecule has 180 valence electrons. The van der Waals surface area contributed by atoms with Gasteiger partial charge in [0.1, 0.15) is 5.69 Å². The van der Waals surface area contributed by atoms with Crippen molar-refractivity contribution in [2.75, 3.05) is 13.1 Å². The number of carbonyl (C=O) groups is 2. The number of aromatic amines is 1. The normalized spacial score (nSPS) is 18.2. The van der Waals surface area contributed by atoms with Gasteiger partial charge in [-0.2, -0.15) is 5.10 Å². The van der Waals surface area contributed by atoms with Gasteiger partial charge in [0.05, 0.1) is 10.5 Å². The fourth-order valence-corrected chi connectivity index (χ4v) is 6.80. The van der Waals surface area contributed by atoms with Crippen molar-refractivity contribution in [1.82, 2.24) is 20.1 Å². The second-order valence-electron chi connectivity index (χ2n) is 11.3. The Hall–Kier alpha value is -2.54. The Morgan fingerprint density at radius 1 is 1.18 bits per heavy atom. The van der Waals surface area contributed by atoms with Gasteiger partial charge in [0.2, 0.25) is 0 Å². The van der Waals surface area contributed by atoms with Crippen LogP contribution in [0.15, 0.2) is 12.1 Å². The van der Waals surface area contributed by atoms with Gasteiger partial charge in [-0.15, -0.1) is 11.3 Å². The van der Waals surface area contributed by atoms with Crippen LogP contribution in [-0.2, 0) is 11.8 Å². The van der Waals surface area contributed by atoms with E-state index in [-0.39, 0.29) is 22.5 Å². The van der Waals surface area contributed by atoms with Crippen LogP contribution in [-0.4, -0.2) is 44.9 Å². The average Bonchev–Trinajstić information content (AvgIpc) is 3.38. The van der Waals surface area contributed by atoms with E-state index in [9.17, 15) is 9.59 Å². The number of carbonyl (C=O) groups excluding carboxylic acids is 2. The number of amides is 1. The molecule has 1 aliphatic heterocycles. The number of aromatic nitrogens is 3. The van der Waals surface area contributed by atoms with E-state index in [1.54, 1.807) is 11.3 Å². The highest BCUT2D eigenvalue weighted by Crippen LogP contribution is 2.47. The Morgan fingerprint density at radius 2 is 1.88 bits per heavy atom. The fourth-order valence-electron chi connectivity index (χ4n) is 5.30. The summed E-state index contributed by atoms with van der Waals surface area (Å²) in [5, 5.41) is 9.46. The van der Waals surface area contributed by atoms with Crippen molar-refractivity contribution in [3.05, 3.63) is 44.5 Å². The molecule has 1 aromatic carbocycles. The van der Waals surface area contributed by atoms with Gasteiger partial charge in [-0.1, -0.05) is 27.7 Å². The molecular formula is C27H34N4O2S. The summed E-state index contributed by atoms with van der Waals surface area (Å²) >= 11 is 1.73. The van der Waals surface area contributed by atoms with Crippen molar-refractivity contribution in [1.29, 1.82) is 0 Å². The summed E-state index contributed by atoms with van der Waals surface area (Å²) < 4.78 is 0. The minimum atomic E-state index is -0.0480. The summed E-state index contributed by atoms with van der Waals surface area (Å²) in [6, 6.07) is 3.90. The molecule has 1 aliphatic carbocycles. The zero-order valence-electron chi connectivity index (χ0n) is 21.0. The highest BCUT2D eigenvalue weighted by Gasteiger charge is 2.44. The Labute approximate surface area is 205 Å². The molecule has 0 bridgehead atoms. The van der Waals surface area contributed by atoms with E-state index in [1.807, 2.05) is 30.9 Å². The Bertz CT molecular complexity index is 1290. The lowest BCUT2D eigenvalue weighted by Crippen LogP contribution is -2.46. The van der Waals surface area contributed by atoms with E-state index >= 15 is 0 Å². The van der Waals surface area contributed by atoms with Crippen LogP contribution in [0, 0.1) is 25.2 Å². The number of piperidine rings is 1. The third-order valence-electron chi connectivity index (χ3n) is 8.43. The third-order valence-corrected chi connectivity index (χ3v) is 9.82. The van der Waals surface area contributed by atoms with Crippen LogP contribution in [0.4, 0.5) is 0 Å². The highest BCUT2D eigenvalue weighted by molar-refractivity contribution is 7.12. The van der Waals surface area contributed by atoms with E-state index in [1.165, 1.54) is 0 Å². The summed E-state index contributed by atoms with van der Waals surface area (Å²) in [6.45, 7) is 14.2. The van der Waals surface area contributed by atoms with Gasteiger partial charge in [-0.25, -0.2) is 4.98 Å². The van der Waals surface area contributed by atoms with Crippen LogP contribution in [0.3, 0.4) is 0 Å². The van der Waals surface area contributed by atoms with E-state index in [0.29, 0.717) is 31.1 Å². The van der Waals surface area contributed by atoms with E-state index in [2.05, 4.69) is 37.9 Å². The molecular weight excluding hydrogens is 444 g/mol. The Morgan fingerprint density at radius 3 is 2.56 bits per heavy atom. The lowest BCUT2D eigenvalue weighted by atomic mass is 9.68.